The second-order valence-corrected chi connectivity index (χ2v) is 8.38. The van der Waals surface area contributed by atoms with E-state index in [1.165, 1.54) is 23.9 Å². The van der Waals surface area contributed by atoms with Gasteiger partial charge in [0.1, 0.15) is 0 Å². The zero-order valence-electron chi connectivity index (χ0n) is 12.9. The van der Waals surface area contributed by atoms with Crippen molar-refractivity contribution in [1.29, 1.82) is 0 Å². The van der Waals surface area contributed by atoms with Gasteiger partial charge in [-0.2, -0.15) is 8.78 Å². The van der Waals surface area contributed by atoms with E-state index in [1.54, 1.807) is 6.20 Å². The summed E-state index contributed by atoms with van der Waals surface area (Å²) in [6, 6.07) is 5.12. The van der Waals surface area contributed by atoms with Gasteiger partial charge in [0.2, 0.25) is 15.7 Å². The lowest BCUT2D eigenvalue weighted by molar-refractivity contribution is -0.113. The molecule has 1 aromatic carbocycles. The molecule has 0 saturated heterocycles. The number of thioether (sulfide) groups is 1. The molecule has 10 heteroatoms. The number of aromatic nitrogens is 2. The van der Waals surface area contributed by atoms with E-state index in [0.29, 0.717) is 11.7 Å². The van der Waals surface area contributed by atoms with E-state index in [0.717, 1.165) is 30.1 Å². The quantitative estimate of drug-likeness (QED) is 0.739. The molecule has 25 heavy (non-hydrogen) atoms. The van der Waals surface area contributed by atoms with E-state index in [1.807, 2.05) is 10.8 Å². The highest BCUT2D eigenvalue weighted by molar-refractivity contribution is 7.99. The number of nitrogens with zero attached hydrogens (tertiary/aromatic N) is 2. The van der Waals surface area contributed by atoms with Crippen LogP contribution in [0.25, 0.3) is 0 Å². The molecule has 0 radical (unpaired) electrons. The topological polar surface area (TPSA) is 81.1 Å². The molecule has 134 valence electrons. The van der Waals surface area contributed by atoms with Crippen LogP contribution in [0, 0.1) is 0 Å². The average molecular weight is 387 g/mol. The highest BCUT2D eigenvalue weighted by Gasteiger charge is 2.27. The Kier molecular flexibility index (Phi) is 5.09. The van der Waals surface area contributed by atoms with Crippen molar-refractivity contribution in [3.63, 3.8) is 0 Å². The fourth-order valence-corrected chi connectivity index (χ4v) is 3.75. The minimum Gasteiger partial charge on any atom is -0.325 e. The van der Waals surface area contributed by atoms with Crippen molar-refractivity contribution in [2.24, 2.45) is 0 Å². The Bertz CT molecular complexity index is 862. The number of carbonyl (C=O) groups is 1. The highest BCUT2D eigenvalue weighted by atomic mass is 32.2. The Labute approximate surface area is 147 Å². The summed E-state index contributed by atoms with van der Waals surface area (Å²) in [5.41, 5.74) is 0.337. The second-order valence-electron chi connectivity index (χ2n) is 5.52. The smallest absolute Gasteiger partial charge is 0.325 e. The number of alkyl halides is 2. The van der Waals surface area contributed by atoms with E-state index >= 15 is 0 Å². The number of anilines is 1. The first kappa shape index (κ1) is 17.9. The summed E-state index contributed by atoms with van der Waals surface area (Å²) in [5, 5.41) is 3.37. The Morgan fingerprint density at radius 3 is 2.60 bits per heavy atom. The molecule has 1 saturated carbocycles. The van der Waals surface area contributed by atoms with Crippen LogP contribution in [0.15, 0.2) is 46.7 Å². The maximum atomic E-state index is 12.5. The number of amides is 1. The molecule has 6 nitrogen and oxygen atoms in total. The summed E-state index contributed by atoms with van der Waals surface area (Å²) in [4.78, 5) is 15.7. The van der Waals surface area contributed by atoms with Gasteiger partial charge in [-0.1, -0.05) is 11.8 Å². The third kappa shape index (κ3) is 4.18. The van der Waals surface area contributed by atoms with Gasteiger partial charge in [-0.15, -0.1) is 0 Å². The number of carbonyl (C=O) groups excluding carboxylic acids is 1. The number of nitrogens with one attached hydrogen (secondary N) is 1. The van der Waals surface area contributed by atoms with Gasteiger partial charge in [0.25, 0.3) is 0 Å². The van der Waals surface area contributed by atoms with Gasteiger partial charge < -0.3 is 9.88 Å². The fourth-order valence-electron chi connectivity index (χ4n) is 2.20. The van der Waals surface area contributed by atoms with Gasteiger partial charge in [0.05, 0.1) is 10.6 Å². The Hall–Kier alpha value is -1.94. The minimum atomic E-state index is -4.63. The number of hydrogen-bond acceptors (Lipinski definition) is 5. The van der Waals surface area contributed by atoms with E-state index in [4.69, 9.17) is 0 Å². The molecule has 0 bridgehead atoms. The molecule has 1 heterocycles. The molecule has 1 aliphatic rings. The number of benzene rings is 1. The first-order valence-corrected chi connectivity index (χ1v) is 9.98. The Balaban J connectivity index is 1.57. The summed E-state index contributed by atoms with van der Waals surface area (Å²) < 4.78 is 49.7. The van der Waals surface area contributed by atoms with E-state index in [-0.39, 0.29) is 11.7 Å². The molecule has 1 aromatic heterocycles. The normalized spacial score (nSPS) is 14.7. The summed E-state index contributed by atoms with van der Waals surface area (Å²) in [6.07, 6.45) is 5.81. The third-order valence-corrected chi connectivity index (χ3v) is 5.99. The Morgan fingerprint density at radius 2 is 2.00 bits per heavy atom. The summed E-state index contributed by atoms with van der Waals surface area (Å²) in [6.45, 7) is 0. The lowest BCUT2D eigenvalue weighted by Gasteiger charge is -2.08. The number of sulfone groups is 1. The van der Waals surface area contributed by atoms with Crippen LogP contribution in [0.5, 0.6) is 0 Å². The first-order chi connectivity index (χ1) is 11.9. The van der Waals surface area contributed by atoms with E-state index < -0.39 is 20.5 Å². The second kappa shape index (κ2) is 7.12. The van der Waals surface area contributed by atoms with Crippen molar-refractivity contribution in [3.05, 3.63) is 36.7 Å². The first-order valence-electron chi connectivity index (χ1n) is 7.45. The SMILES string of the molecule is O=C(CSc1nccn1C1CC1)Nc1ccc(S(=O)(=O)C(F)F)cc1. The molecule has 0 spiro atoms. The highest BCUT2D eigenvalue weighted by Crippen LogP contribution is 2.37. The molecular formula is C15H15F2N3O3S2. The van der Waals surface area contributed by atoms with Crippen LogP contribution in [-0.4, -0.2) is 35.4 Å². The van der Waals surface area contributed by atoms with Crippen molar-refractivity contribution >= 4 is 33.2 Å². The fraction of sp³-hybridized carbons (Fsp3) is 0.333. The van der Waals surface area contributed by atoms with Crippen LogP contribution in [0.2, 0.25) is 0 Å². The molecular weight excluding hydrogens is 372 g/mol. The minimum absolute atomic E-state index is 0.140. The van der Waals surface area contributed by atoms with Crippen molar-refractivity contribution in [1.82, 2.24) is 9.55 Å². The third-order valence-electron chi connectivity index (χ3n) is 3.61. The van der Waals surface area contributed by atoms with Gasteiger partial charge in [-0.05, 0) is 37.1 Å². The van der Waals surface area contributed by atoms with Crippen molar-refractivity contribution in [2.45, 2.75) is 34.7 Å². The molecule has 1 fully saturated rings. The van der Waals surface area contributed by atoms with Crippen LogP contribution in [-0.2, 0) is 14.6 Å². The maximum Gasteiger partial charge on any atom is 0.341 e. The van der Waals surface area contributed by atoms with Crippen molar-refractivity contribution < 1.29 is 22.0 Å². The van der Waals surface area contributed by atoms with Crippen LogP contribution >= 0.6 is 11.8 Å². The van der Waals surface area contributed by atoms with Gasteiger partial charge in [-0.3, -0.25) is 4.79 Å². The van der Waals surface area contributed by atoms with Gasteiger partial charge in [0, 0.05) is 24.1 Å². The van der Waals surface area contributed by atoms with Crippen molar-refractivity contribution in [2.75, 3.05) is 11.1 Å². The zero-order chi connectivity index (χ0) is 18.0. The lowest BCUT2D eigenvalue weighted by Crippen LogP contribution is -2.15. The number of halogens is 2. The van der Waals surface area contributed by atoms with Crippen LogP contribution in [0.3, 0.4) is 0 Å². The van der Waals surface area contributed by atoms with Crippen LogP contribution in [0.4, 0.5) is 14.5 Å². The van der Waals surface area contributed by atoms with E-state index in [9.17, 15) is 22.0 Å². The zero-order valence-corrected chi connectivity index (χ0v) is 14.6. The molecule has 1 aliphatic carbocycles. The number of imidazole rings is 1. The molecule has 0 atom stereocenters. The molecule has 1 amide bonds. The largest absolute Gasteiger partial charge is 0.341 e. The molecule has 2 aromatic rings. The predicted octanol–water partition coefficient (Wildman–Crippen LogP) is 2.95. The standard InChI is InChI=1S/C15H15F2N3O3S2/c16-14(17)25(22,23)12-5-1-10(2-6-12)19-13(21)9-24-15-18-7-8-20(15)11-3-4-11/h1-2,5-8,11,14H,3-4,9H2,(H,19,21). The molecule has 3 rings (SSSR count). The predicted molar refractivity (Wildman–Crippen MR) is 89.5 cm³/mol. The van der Waals surface area contributed by atoms with Crippen LogP contribution < -0.4 is 5.32 Å². The van der Waals surface area contributed by atoms with Gasteiger partial charge in [-0.25, -0.2) is 13.4 Å². The maximum absolute atomic E-state index is 12.5. The summed E-state index contributed by atoms with van der Waals surface area (Å²) in [5.74, 6) is -3.62. The number of rotatable bonds is 7. The number of hydrogen-bond donors (Lipinski definition) is 1. The monoisotopic (exact) mass is 387 g/mol. The molecule has 1 N–H and O–H groups in total. The van der Waals surface area contributed by atoms with Gasteiger partial charge >= 0.3 is 5.76 Å². The molecule has 0 aliphatic heterocycles. The lowest BCUT2D eigenvalue weighted by atomic mass is 10.3. The van der Waals surface area contributed by atoms with Crippen LogP contribution in [0.1, 0.15) is 18.9 Å². The Morgan fingerprint density at radius 1 is 1.32 bits per heavy atom. The van der Waals surface area contributed by atoms with Gasteiger partial charge in [0.15, 0.2) is 5.16 Å². The van der Waals surface area contributed by atoms with E-state index in [2.05, 4.69) is 10.3 Å². The summed E-state index contributed by atoms with van der Waals surface area (Å²) >= 11 is 1.31. The molecule has 0 unspecified atom stereocenters. The summed E-state index contributed by atoms with van der Waals surface area (Å²) in [7, 11) is -4.63. The average Bonchev–Trinajstić information content (AvgIpc) is 3.31. The van der Waals surface area contributed by atoms with Crippen molar-refractivity contribution in [3.8, 4) is 0 Å².